The van der Waals surface area contributed by atoms with Gasteiger partial charge in [0.25, 0.3) is 0 Å². The molecule has 2 atom stereocenters. The molecule has 152 valence electrons. The number of carboxylic acids is 1. The molecule has 1 heterocycles. The van der Waals surface area contributed by atoms with Crippen molar-refractivity contribution in [2.75, 3.05) is 0 Å². The molecule has 3 aromatic rings. The topological polar surface area (TPSA) is 108 Å². The molecule has 0 saturated carbocycles. The van der Waals surface area contributed by atoms with Gasteiger partial charge in [0.05, 0.1) is 6.04 Å². The standard InChI is InChI=1S/C22H24FN3O3/c23-17-9-3-1-6-14(17)7-5-11-20(22(28)29)26-21(27)18(24)12-15-13-25-19-10-4-2-8-16(15)19/h1-4,6,8-10,13,18,20,25H,5,7,11-12,24H2,(H,26,27)(H,28,29)/t18-,20?/m0/s1. The summed E-state index contributed by atoms with van der Waals surface area (Å²) in [5.74, 6) is -1.97. The van der Waals surface area contributed by atoms with E-state index in [1.807, 2.05) is 24.3 Å². The van der Waals surface area contributed by atoms with E-state index >= 15 is 0 Å². The number of rotatable bonds is 9. The minimum absolute atomic E-state index is 0.190. The molecule has 0 aliphatic carbocycles. The van der Waals surface area contributed by atoms with E-state index in [2.05, 4.69) is 10.3 Å². The highest BCUT2D eigenvalue weighted by Gasteiger charge is 2.24. The lowest BCUT2D eigenvalue weighted by atomic mass is 10.0. The number of benzene rings is 2. The van der Waals surface area contributed by atoms with Gasteiger partial charge in [0, 0.05) is 17.1 Å². The number of aromatic amines is 1. The smallest absolute Gasteiger partial charge is 0.326 e. The highest BCUT2D eigenvalue weighted by atomic mass is 19.1. The van der Waals surface area contributed by atoms with Crippen LogP contribution >= 0.6 is 0 Å². The largest absolute Gasteiger partial charge is 0.480 e. The zero-order valence-corrected chi connectivity index (χ0v) is 15.9. The van der Waals surface area contributed by atoms with Crippen LogP contribution in [0, 0.1) is 5.82 Å². The Kier molecular flexibility index (Phi) is 6.61. The number of H-pyrrole nitrogens is 1. The number of hydrogen-bond donors (Lipinski definition) is 4. The van der Waals surface area contributed by atoms with Crippen LogP contribution in [0.1, 0.15) is 24.0 Å². The normalized spacial score (nSPS) is 13.2. The molecule has 0 aliphatic rings. The van der Waals surface area contributed by atoms with Gasteiger partial charge in [-0.05, 0) is 48.9 Å². The zero-order chi connectivity index (χ0) is 20.8. The Hall–Kier alpha value is -3.19. The zero-order valence-electron chi connectivity index (χ0n) is 15.9. The van der Waals surface area contributed by atoms with Crippen LogP contribution in [0.3, 0.4) is 0 Å². The third kappa shape index (κ3) is 5.20. The van der Waals surface area contributed by atoms with Crippen molar-refractivity contribution < 1.29 is 19.1 Å². The molecule has 0 saturated heterocycles. The van der Waals surface area contributed by atoms with Crippen molar-refractivity contribution in [3.05, 3.63) is 71.7 Å². The Morgan fingerprint density at radius 3 is 2.59 bits per heavy atom. The summed E-state index contributed by atoms with van der Waals surface area (Å²) < 4.78 is 13.7. The summed E-state index contributed by atoms with van der Waals surface area (Å²) >= 11 is 0. The Morgan fingerprint density at radius 1 is 1.10 bits per heavy atom. The number of aromatic nitrogens is 1. The maximum atomic E-state index is 13.7. The fraction of sp³-hybridized carbons (Fsp3) is 0.273. The monoisotopic (exact) mass is 397 g/mol. The van der Waals surface area contributed by atoms with Crippen LogP contribution in [0.2, 0.25) is 0 Å². The second-order valence-electron chi connectivity index (χ2n) is 7.05. The van der Waals surface area contributed by atoms with E-state index in [1.165, 1.54) is 6.07 Å². The first-order valence-electron chi connectivity index (χ1n) is 9.53. The Balaban J connectivity index is 1.55. The number of carbonyl (C=O) groups is 2. The van der Waals surface area contributed by atoms with Gasteiger partial charge in [0.15, 0.2) is 0 Å². The minimum atomic E-state index is -1.13. The summed E-state index contributed by atoms with van der Waals surface area (Å²) in [6.07, 6.45) is 3.11. The van der Waals surface area contributed by atoms with Gasteiger partial charge in [0.1, 0.15) is 11.9 Å². The SMILES string of the molecule is N[C@@H](Cc1c[nH]c2ccccc12)C(=O)NC(CCCc1ccccc1F)C(=O)O. The fourth-order valence-corrected chi connectivity index (χ4v) is 3.36. The van der Waals surface area contributed by atoms with Crippen molar-refractivity contribution in [3.8, 4) is 0 Å². The molecule has 3 rings (SSSR count). The van der Waals surface area contributed by atoms with Gasteiger partial charge in [-0.3, -0.25) is 4.79 Å². The van der Waals surface area contributed by atoms with Crippen LogP contribution in [-0.2, 0) is 22.4 Å². The van der Waals surface area contributed by atoms with Crippen molar-refractivity contribution >= 4 is 22.8 Å². The molecule has 29 heavy (non-hydrogen) atoms. The fourth-order valence-electron chi connectivity index (χ4n) is 3.36. The van der Waals surface area contributed by atoms with Crippen molar-refractivity contribution in [2.45, 2.75) is 37.8 Å². The van der Waals surface area contributed by atoms with Crippen molar-refractivity contribution in [1.29, 1.82) is 0 Å². The summed E-state index contributed by atoms with van der Waals surface area (Å²) in [5.41, 5.74) is 8.39. The number of nitrogens with two attached hydrogens (primary N) is 1. The van der Waals surface area contributed by atoms with E-state index in [0.29, 0.717) is 18.4 Å². The third-order valence-electron chi connectivity index (χ3n) is 4.96. The average Bonchev–Trinajstić information content (AvgIpc) is 3.11. The van der Waals surface area contributed by atoms with Gasteiger partial charge in [0.2, 0.25) is 5.91 Å². The summed E-state index contributed by atoms with van der Waals surface area (Å²) in [6.45, 7) is 0. The lowest BCUT2D eigenvalue weighted by Gasteiger charge is -2.18. The van der Waals surface area contributed by atoms with Crippen LogP contribution in [-0.4, -0.2) is 34.1 Å². The van der Waals surface area contributed by atoms with Gasteiger partial charge in [-0.15, -0.1) is 0 Å². The maximum Gasteiger partial charge on any atom is 0.326 e. The predicted molar refractivity (Wildman–Crippen MR) is 109 cm³/mol. The second-order valence-corrected chi connectivity index (χ2v) is 7.05. The number of aliphatic carboxylic acids is 1. The van der Waals surface area contributed by atoms with Crippen LogP contribution in [0.25, 0.3) is 10.9 Å². The highest BCUT2D eigenvalue weighted by molar-refractivity contribution is 5.88. The molecule has 1 unspecified atom stereocenters. The number of amides is 1. The van der Waals surface area contributed by atoms with E-state index in [9.17, 15) is 19.1 Å². The van der Waals surface area contributed by atoms with E-state index < -0.39 is 24.0 Å². The van der Waals surface area contributed by atoms with Crippen LogP contribution < -0.4 is 11.1 Å². The number of aryl methyl sites for hydroxylation is 1. The van der Waals surface area contributed by atoms with Gasteiger partial charge in [-0.1, -0.05) is 36.4 Å². The first-order valence-corrected chi connectivity index (χ1v) is 9.53. The predicted octanol–water partition coefficient (Wildman–Crippen LogP) is 2.77. The van der Waals surface area contributed by atoms with Gasteiger partial charge in [-0.25, -0.2) is 9.18 Å². The minimum Gasteiger partial charge on any atom is -0.480 e. The molecule has 2 aromatic carbocycles. The van der Waals surface area contributed by atoms with Crippen LogP contribution in [0.4, 0.5) is 4.39 Å². The lowest BCUT2D eigenvalue weighted by molar-refractivity contribution is -0.142. The van der Waals surface area contributed by atoms with Crippen molar-refractivity contribution in [3.63, 3.8) is 0 Å². The third-order valence-corrected chi connectivity index (χ3v) is 4.96. The van der Waals surface area contributed by atoms with Crippen LogP contribution in [0.5, 0.6) is 0 Å². The molecular formula is C22H24FN3O3. The first-order chi connectivity index (χ1) is 14.0. The number of nitrogens with one attached hydrogen (secondary N) is 2. The molecule has 1 aromatic heterocycles. The van der Waals surface area contributed by atoms with Gasteiger partial charge >= 0.3 is 5.97 Å². The summed E-state index contributed by atoms with van der Waals surface area (Å²) in [7, 11) is 0. The van der Waals surface area contributed by atoms with Crippen molar-refractivity contribution in [1.82, 2.24) is 10.3 Å². The molecule has 0 bridgehead atoms. The molecule has 6 nitrogen and oxygen atoms in total. The first kappa shape index (κ1) is 20.5. The number of hydrogen-bond acceptors (Lipinski definition) is 3. The molecule has 1 amide bonds. The van der Waals surface area contributed by atoms with Gasteiger partial charge < -0.3 is 21.1 Å². The highest BCUT2D eigenvalue weighted by Crippen LogP contribution is 2.19. The molecule has 0 radical (unpaired) electrons. The van der Waals surface area contributed by atoms with E-state index in [-0.39, 0.29) is 18.7 Å². The molecule has 7 heteroatoms. The molecule has 0 spiro atoms. The summed E-state index contributed by atoms with van der Waals surface area (Å²) in [4.78, 5) is 27.1. The van der Waals surface area contributed by atoms with E-state index in [0.717, 1.165) is 16.5 Å². The number of para-hydroxylation sites is 1. The van der Waals surface area contributed by atoms with Gasteiger partial charge in [-0.2, -0.15) is 0 Å². The quantitative estimate of drug-likeness (QED) is 0.445. The number of carbonyl (C=O) groups excluding carboxylic acids is 1. The molecular weight excluding hydrogens is 373 g/mol. The van der Waals surface area contributed by atoms with Crippen LogP contribution in [0.15, 0.2) is 54.7 Å². The number of carboxylic acid groups (broad SMARTS) is 1. The van der Waals surface area contributed by atoms with E-state index in [4.69, 9.17) is 5.73 Å². The Morgan fingerprint density at radius 2 is 1.83 bits per heavy atom. The number of halogens is 1. The molecule has 0 aliphatic heterocycles. The van der Waals surface area contributed by atoms with Crippen molar-refractivity contribution in [2.24, 2.45) is 5.73 Å². The Bertz CT molecular complexity index is 1000. The maximum absolute atomic E-state index is 13.7. The Labute approximate surface area is 167 Å². The lowest BCUT2D eigenvalue weighted by Crippen LogP contribution is -2.49. The number of fused-ring (bicyclic) bond motifs is 1. The molecule has 5 N–H and O–H groups in total. The van der Waals surface area contributed by atoms with E-state index in [1.54, 1.807) is 24.4 Å². The average molecular weight is 397 g/mol. The summed E-state index contributed by atoms with van der Waals surface area (Å²) in [5, 5.41) is 12.9. The molecule has 0 fully saturated rings. The summed E-state index contributed by atoms with van der Waals surface area (Å²) in [6, 6.07) is 12.1. The second kappa shape index (κ2) is 9.34.